The molecule has 2 aliphatic rings. The number of likely N-dealkylation sites (tertiary alicyclic amines) is 1. The Kier molecular flexibility index (Phi) is 7.44. The number of rotatable bonds is 8. The maximum Gasteiger partial charge on any atom is 0.416 e. The predicted octanol–water partition coefficient (Wildman–Crippen LogP) is 5.92. The van der Waals surface area contributed by atoms with E-state index in [1.165, 1.54) is 30.5 Å². The van der Waals surface area contributed by atoms with Gasteiger partial charge in [-0.2, -0.15) is 18.2 Å². The third-order valence-corrected chi connectivity index (χ3v) is 7.83. The van der Waals surface area contributed by atoms with Gasteiger partial charge in [-0.15, -0.1) is 0 Å². The summed E-state index contributed by atoms with van der Waals surface area (Å²) in [6.07, 6.45) is 1.87. The summed E-state index contributed by atoms with van der Waals surface area (Å²) in [4.78, 5) is 7.12. The van der Waals surface area contributed by atoms with E-state index in [1.54, 1.807) is 0 Å². The molecule has 36 heavy (non-hydrogen) atoms. The highest BCUT2D eigenvalue weighted by Crippen LogP contribution is 2.45. The summed E-state index contributed by atoms with van der Waals surface area (Å²) < 4.78 is 44.7. The molecule has 1 saturated heterocycles. The maximum atomic E-state index is 13.0. The summed E-state index contributed by atoms with van der Waals surface area (Å²) >= 11 is 0. The van der Waals surface area contributed by atoms with Crippen molar-refractivity contribution in [3.63, 3.8) is 0 Å². The van der Waals surface area contributed by atoms with Crippen molar-refractivity contribution >= 4 is 0 Å². The van der Waals surface area contributed by atoms with Crippen molar-refractivity contribution in [2.45, 2.75) is 62.6 Å². The molecule has 1 aliphatic carbocycles. The van der Waals surface area contributed by atoms with Crippen molar-refractivity contribution in [1.82, 2.24) is 20.4 Å². The number of alkyl halides is 3. The fourth-order valence-electron chi connectivity index (χ4n) is 5.79. The van der Waals surface area contributed by atoms with Crippen molar-refractivity contribution in [1.29, 1.82) is 0 Å². The molecule has 0 bridgehead atoms. The SMILES string of the molecule is FC(F)(F)c1cccc(C2CCN(CCNCc3nc(C4(c5ccccc5)CCCC4)no3)CC2)c1. The Bertz CT molecular complexity index is 1120. The highest BCUT2D eigenvalue weighted by Gasteiger charge is 2.41. The first-order chi connectivity index (χ1) is 17.4. The molecule has 0 radical (unpaired) electrons. The van der Waals surface area contributed by atoms with Crippen molar-refractivity contribution < 1.29 is 17.7 Å². The van der Waals surface area contributed by atoms with Crippen LogP contribution in [0.2, 0.25) is 0 Å². The molecule has 1 saturated carbocycles. The van der Waals surface area contributed by atoms with Gasteiger partial charge in [-0.25, -0.2) is 0 Å². The molecule has 1 aromatic heterocycles. The Morgan fingerprint density at radius 3 is 2.47 bits per heavy atom. The third kappa shape index (κ3) is 5.49. The van der Waals surface area contributed by atoms with Crippen molar-refractivity contribution in [2.75, 3.05) is 26.2 Å². The zero-order chi connectivity index (χ0) is 25.0. The van der Waals surface area contributed by atoms with Crippen LogP contribution in [-0.4, -0.2) is 41.2 Å². The zero-order valence-electron chi connectivity index (χ0n) is 20.4. The molecule has 2 aromatic carbocycles. The van der Waals surface area contributed by atoms with Gasteiger partial charge in [0, 0.05) is 13.1 Å². The Balaban J connectivity index is 1.08. The summed E-state index contributed by atoms with van der Waals surface area (Å²) in [5.74, 6) is 1.58. The Morgan fingerprint density at radius 2 is 1.75 bits per heavy atom. The van der Waals surface area contributed by atoms with Gasteiger partial charge in [-0.3, -0.25) is 0 Å². The Labute approximate surface area is 210 Å². The molecule has 192 valence electrons. The van der Waals surface area contributed by atoms with Crippen LogP contribution in [0.15, 0.2) is 59.1 Å². The van der Waals surface area contributed by atoms with Crippen LogP contribution >= 0.6 is 0 Å². The van der Waals surface area contributed by atoms with E-state index in [4.69, 9.17) is 9.51 Å². The molecule has 1 aliphatic heterocycles. The van der Waals surface area contributed by atoms with Gasteiger partial charge < -0.3 is 14.7 Å². The molecule has 5 rings (SSSR count). The molecule has 0 atom stereocenters. The lowest BCUT2D eigenvalue weighted by Gasteiger charge is -2.32. The van der Waals surface area contributed by atoms with Crippen LogP contribution in [0.4, 0.5) is 13.2 Å². The summed E-state index contributed by atoms with van der Waals surface area (Å²) in [5, 5.41) is 7.78. The smallest absolute Gasteiger partial charge is 0.338 e. The van der Waals surface area contributed by atoms with Gasteiger partial charge >= 0.3 is 6.18 Å². The van der Waals surface area contributed by atoms with Gasteiger partial charge in [0.15, 0.2) is 5.82 Å². The van der Waals surface area contributed by atoms with Gasteiger partial charge in [0.2, 0.25) is 5.89 Å². The number of nitrogens with one attached hydrogen (secondary N) is 1. The van der Waals surface area contributed by atoms with E-state index in [0.29, 0.717) is 12.4 Å². The minimum atomic E-state index is -4.29. The molecule has 0 spiro atoms. The van der Waals surface area contributed by atoms with Crippen LogP contribution in [0, 0.1) is 0 Å². The number of hydrogen-bond donors (Lipinski definition) is 1. The minimum Gasteiger partial charge on any atom is -0.338 e. The molecule has 3 aromatic rings. The molecule has 2 heterocycles. The summed E-state index contributed by atoms with van der Waals surface area (Å²) in [6.45, 7) is 3.96. The molecule has 8 heteroatoms. The minimum absolute atomic E-state index is 0.146. The lowest BCUT2D eigenvalue weighted by molar-refractivity contribution is -0.137. The van der Waals surface area contributed by atoms with Crippen LogP contribution < -0.4 is 5.32 Å². The van der Waals surface area contributed by atoms with Gasteiger partial charge in [0.25, 0.3) is 0 Å². The fraction of sp³-hybridized carbons (Fsp3) is 0.500. The number of aromatic nitrogens is 2. The number of halogens is 3. The van der Waals surface area contributed by atoms with E-state index in [2.05, 4.69) is 39.6 Å². The summed E-state index contributed by atoms with van der Waals surface area (Å²) in [5.41, 5.74) is 1.35. The molecule has 0 unspecified atom stereocenters. The standard InChI is InChI=1S/C28H33F3N4O/c29-28(30,31)24-10-6-7-22(19-24)21-11-16-35(17-12-21)18-15-32-20-25-33-26(34-36-25)27(13-4-5-14-27)23-8-2-1-3-9-23/h1-3,6-10,19,21,32H,4-5,11-18,20H2. The normalized spacial score (nSPS) is 19.1. The van der Waals surface area contributed by atoms with Crippen LogP contribution in [0.5, 0.6) is 0 Å². The Hall–Kier alpha value is -2.71. The van der Waals surface area contributed by atoms with E-state index < -0.39 is 11.7 Å². The molecule has 5 nitrogen and oxygen atoms in total. The van der Waals surface area contributed by atoms with Crippen molar-refractivity contribution in [2.24, 2.45) is 0 Å². The topological polar surface area (TPSA) is 54.2 Å². The van der Waals surface area contributed by atoms with Crippen LogP contribution in [0.1, 0.15) is 72.8 Å². The molecule has 1 N–H and O–H groups in total. The van der Waals surface area contributed by atoms with Gasteiger partial charge in [-0.1, -0.05) is 66.5 Å². The van der Waals surface area contributed by atoms with Crippen molar-refractivity contribution in [3.8, 4) is 0 Å². The summed E-state index contributed by atoms with van der Waals surface area (Å²) in [7, 11) is 0. The van der Waals surface area contributed by atoms with Crippen molar-refractivity contribution in [3.05, 3.63) is 83.0 Å². The predicted molar refractivity (Wildman–Crippen MR) is 132 cm³/mol. The average Bonchev–Trinajstić information content (AvgIpc) is 3.58. The number of piperidine rings is 1. The number of benzene rings is 2. The molecule has 0 amide bonds. The van der Waals surface area contributed by atoms with Crippen LogP contribution in [0.25, 0.3) is 0 Å². The first-order valence-corrected chi connectivity index (χ1v) is 12.9. The highest BCUT2D eigenvalue weighted by molar-refractivity contribution is 5.34. The van der Waals surface area contributed by atoms with Crippen LogP contribution in [0.3, 0.4) is 0 Å². The monoisotopic (exact) mass is 498 g/mol. The second kappa shape index (κ2) is 10.7. The second-order valence-electron chi connectivity index (χ2n) is 10.1. The van der Waals surface area contributed by atoms with Gasteiger partial charge in [0.05, 0.1) is 17.5 Å². The molecule has 2 fully saturated rings. The van der Waals surface area contributed by atoms with Crippen LogP contribution in [-0.2, 0) is 18.1 Å². The van der Waals surface area contributed by atoms with Gasteiger partial charge in [0.1, 0.15) is 0 Å². The summed E-state index contributed by atoms with van der Waals surface area (Å²) in [6, 6.07) is 16.3. The lowest BCUT2D eigenvalue weighted by Crippen LogP contribution is -2.37. The quantitative estimate of drug-likeness (QED) is 0.391. The Morgan fingerprint density at radius 1 is 1.00 bits per heavy atom. The first kappa shape index (κ1) is 25.0. The first-order valence-electron chi connectivity index (χ1n) is 12.9. The van der Waals surface area contributed by atoms with E-state index in [9.17, 15) is 13.2 Å². The highest BCUT2D eigenvalue weighted by atomic mass is 19.4. The fourth-order valence-corrected chi connectivity index (χ4v) is 5.79. The van der Waals surface area contributed by atoms with E-state index in [0.717, 1.165) is 69.3 Å². The van der Waals surface area contributed by atoms with E-state index in [1.807, 2.05) is 12.1 Å². The van der Waals surface area contributed by atoms with Gasteiger partial charge in [-0.05, 0) is 61.9 Å². The maximum absolute atomic E-state index is 13.0. The largest absolute Gasteiger partial charge is 0.416 e. The van der Waals surface area contributed by atoms with E-state index >= 15 is 0 Å². The number of nitrogens with zero attached hydrogens (tertiary/aromatic N) is 3. The number of hydrogen-bond acceptors (Lipinski definition) is 5. The molecular weight excluding hydrogens is 465 g/mol. The van der Waals surface area contributed by atoms with E-state index in [-0.39, 0.29) is 11.3 Å². The average molecular weight is 499 g/mol. The third-order valence-electron chi connectivity index (χ3n) is 7.83. The zero-order valence-corrected chi connectivity index (χ0v) is 20.4. The lowest BCUT2D eigenvalue weighted by atomic mass is 9.78. The second-order valence-corrected chi connectivity index (χ2v) is 10.1. The molecular formula is C28H33F3N4O.